The summed E-state index contributed by atoms with van der Waals surface area (Å²) in [6, 6.07) is 6.23. The number of nitrogens with one attached hydrogen (secondary N) is 1. The lowest BCUT2D eigenvalue weighted by molar-refractivity contribution is -0.122. The van der Waals surface area contributed by atoms with Crippen LogP contribution in [0.5, 0.6) is 0 Å². The van der Waals surface area contributed by atoms with Crippen LogP contribution in [0, 0.1) is 13.8 Å². The number of nitrogens with zero attached hydrogens (tertiary/aromatic N) is 1. The maximum atomic E-state index is 12.6. The molecule has 0 saturated carbocycles. The first-order valence-electron chi connectivity index (χ1n) is 8.24. The first-order chi connectivity index (χ1) is 10.1. The molecule has 1 aromatic rings. The molecule has 0 unspecified atom stereocenters. The van der Waals surface area contributed by atoms with Gasteiger partial charge in [0.05, 0.1) is 6.04 Å². The lowest BCUT2D eigenvalue weighted by atomic mass is 10.0. The van der Waals surface area contributed by atoms with Crippen LogP contribution < -0.4 is 5.32 Å². The van der Waals surface area contributed by atoms with Gasteiger partial charge in [0.1, 0.15) is 0 Å². The van der Waals surface area contributed by atoms with E-state index >= 15 is 0 Å². The molecular weight excluding hydrogens is 260 g/mol. The van der Waals surface area contributed by atoms with Gasteiger partial charge in [-0.15, -0.1) is 0 Å². The summed E-state index contributed by atoms with van der Waals surface area (Å²) < 4.78 is 0. The second-order valence-corrected chi connectivity index (χ2v) is 6.21. The van der Waals surface area contributed by atoms with E-state index in [1.54, 1.807) is 0 Å². The fraction of sp³-hybridized carbons (Fsp3) is 0.611. The Labute approximate surface area is 128 Å². The molecule has 0 spiro atoms. The monoisotopic (exact) mass is 288 g/mol. The highest BCUT2D eigenvalue weighted by atomic mass is 16.2. The predicted octanol–water partition coefficient (Wildman–Crippen LogP) is 3.90. The molecule has 1 N–H and O–H groups in total. The number of hydrogen-bond donors (Lipinski definition) is 1. The summed E-state index contributed by atoms with van der Waals surface area (Å²) in [6.07, 6.45) is 5.72. The van der Waals surface area contributed by atoms with Gasteiger partial charge in [-0.1, -0.05) is 37.5 Å². The van der Waals surface area contributed by atoms with Crippen molar-refractivity contribution in [3.63, 3.8) is 0 Å². The Morgan fingerprint density at radius 3 is 2.86 bits per heavy atom. The van der Waals surface area contributed by atoms with E-state index in [9.17, 15) is 4.79 Å². The van der Waals surface area contributed by atoms with E-state index in [1.165, 1.54) is 24.8 Å². The summed E-state index contributed by atoms with van der Waals surface area (Å²) in [4.78, 5) is 15.0. The Morgan fingerprint density at radius 2 is 2.14 bits per heavy atom. The third kappa shape index (κ3) is 4.31. The van der Waals surface area contributed by atoms with Gasteiger partial charge in [0.25, 0.3) is 0 Å². The molecule has 0 aromatic heterocycles. The SMILES string of the molecule is CCCCN1CCCC[C@@H]1C(=O)Nc1ccc(C)cc1C. The van der Waals surface area contributed by atoms with Crippen LogP contribution in [0.4, 0.5) is 5.69 Å². The molecule has 1 aliphatic heterocycles. The number of likely N-dealkylation sites (tertiary alicyclic amines) is 1. The summed E-state index contributed by atoms with van der Waals surface area (Å²) >= 11 is 0. The third-order valence-corrected chi connectivity index (χ3v) is 4.35. The van der Waals surface area contributed by atoms with Crippen molar-refractivity contribution in [1.82, 2.24) is 4.90 Å². The van der Waals surface area contributed by atoms with Crippen LogP contribution in [-0.2, 0) is 4.79 Å². The minimum Gasteiger partial charge on any atom is -0.324 e. The van der Waals surface area contributed by atoms with Gasteiger partial charge in [-0.25, -0.2) is 0 Å². The molecule has 1 amide bonds. The van der Waals surface area contributed by atoms with Crippen LogP contribution in [0.2, 0.25) is 0 Å². The molecule has 116 valence electrons. The Bertz CT molecular complexity index is 484. The van der Waals surface area contributed by atoms with Crippen molar-refractivity contribution in [2.45, 2.75) is 58.9 Å². The minimum absolute atomic E-state index is 0.0472. The number of aryl methyl sites for hydroxylation is 2. The summed E-state index contributed by atoms with van der Waals surface area (Å²) in [5.74, 6) is 0.165. The van der Waals surface area contributed by atoms with Gasteiger partial charge < -0.3 is 5.32 Å². The average Bonchev–Trinajstić information content (AvgIpc) is 2.48. The Balaban J connectivity index is 2.03. The number of rotatable bonds is 5. The van der Waals surface area contributed by atoms with Gasteiger partial charge in [0.2, 0.25) is 5.91 Å². The second kappa shape index (κ2) is 7.60. The van der Waals surface area contributed by atoms with Crippen LogP contribution in [0.1, 0.15) is 50.2 Å². The van der Waals surface area contributed by atoms with E-state index in [1.807, 2.05) is 6.07 Å². The highest BCUT2D eigenvalue weighted by molar-refractivity contribution is 5.95. The number of hydrogen-bond acceptors (Lipinski definition) is 2. The lowest BCUT2D eigenvalue weighted by Gasteiger charge is -2.34. The largest absolute Gasteiger partial charge is 0.324 e. The number of amides is 1. The van der Waals surface area contributed by atoms with E-state index in [4.69, 9.17) is 0 Å². The maximum absolute atomic E-state index is 12.6. The van der Waals surface area contributed by atoms with Crippen molar-refractivity contribution in [1.29, 1.82) is 0 Å². The second-order valence-electron chi connectivity index (χ2n) is 6.21. The van der Waals surface area contributed by atoms with E-state index in [-0.39, 0.29) is 11.9 Å². The number of anilines is 1. The molecule has 1 heterocycles. The first kappa shape index (κ1) is 16.0. The van der Waals surface area contributed by atoms with Crippen LogP contribution in [0.3, 0.4) is 0 Å². The quantitative estimate of drug-likeness (QED) is 0.891. The van der Waals surface area contributed by atoms with Crippen LogP contribution in [0.25, 0.3) is 0 Å². The van der Waals surface area contributed by atoms with Crippen molar-refractivity contribution < 1.29 is 4.79 Å². The fourth-order valence-electron chi connectivity index (χ4n) is 3.09. The maximum Gasteiger partial charge on any atom is 0.241 e. The Kier molecular flexibility index (Phi) is 5.80. The van der Waals surface area contributed by atoms with E-state index in [0.717, 1.165) is 37.2 Å². The van der Waals surface area contributed by atoms with Gasteiger partial charge >= 0.3 is 0 Å². The zero-order chi connectivity index (χ0) is 15.2. The van der Waals surface area contributed by atoms with E-state index in [0.29, 0.717) is 0 Å². The highest BCUT2D eigenvalue weighted by Crippen LogP contribution is 2.21. The van der Waals surface area contributed by atoms with Crippen molar-refractivity contribution in [3.8, 4) is 0 Å². The minimum atomic E-state index is 0.0472. The molecule has 3 nitrogen and oxygen atoms in total. The smallest absolute Gasteiger partial charge is 0.241 e. The van der Waals surface area contributed by atoms with Crippen molar-refractivity contribution in [2.24, 2.45) is 0 Å². The molecule has 3 heteroatoms. The molecule has 21 heavy (non-hydrogen) atoms. The molecule has 1 fully saturated rings. The molecule has 0 radical (unpaired) electrons. The topological polar surface area (TPSA) is 32.3 Å². The standard InChI is InChI=1S/C18H28N2O/c1-4-5-11-20-12-7-6-8-17(20)18(21)19-16-10-9-14(2)13-15(16)3/h9-10,13,17H,4-8,11-12H2,1-3H3,(H,19,21)/t17-/m1/s1. The first-order valence-corrected chi connectivity index (χ1v) is 8.24. The lowest BCUT2D eigenvalue weighted by Crippen LogP contribution is -2.47. The molecule has 1 aliphatic rings. The van der Waals surface area contributed by atoms with Gasteiger partial charge in [0.15, 0.2) is 0 Å². The van der Waals surface area contributed by atoms with Crippen molar-refractivity contribution in [2.75, 3.05) is 18.4 Å². The number of carbonyl (C=O) groups is 1. The molecule has 1 atom stereocenters. The van der Waals surface area contributed by atoms with E-state index < -0.39 is 0 Å². The Hall–Kier alpha value is -1.35. The molecule has 1 saturated heterocycles. The van der Waals surface area contributed by atoms with Gasteiger partial charge in [0, 0.05) is 5.69 Å². The summed E-state index contributed by atoms with van der Waals surface area (Å²) in [5, 5.41) is 3.13. The fourth-order valence-corrected chi connectivity index (χ4v) is 3.09. The van der Waals surface area contributed by atoms with Gasteiger partial charge in [-0.2, -0.15) is 0 Å². The molecule has 0 bridgehead atoms. The molecule has 2 rings (SSSR count). The van der Waals surface area contributed by atoms with Gasteiger partial charge in [-0.3, -0.25) is 9.69 Å². The third-order valence-electron chi connectivity index (χ3n) is 4.35. The zero-order valence-corrected chi connectivity index (χ0v) is 13.6. The summed E-state index contributed by atoms with van der Waals surface area (Å²) in [5.41, 5.74) is 3.32. The number of carbonyl (C=O) groups excluding carboxylic acids is 1. The van der Waals surface area contributed by atoms with Crippen LogP contribution >= 0.6 is 0 Å². The van der Waals surface area contributed by atoms with Gasteiger partial charge in [-0.05, 0) is 57.8 Å². The molecular formula is C18H28N2O. The number of benzene rings is 1. The highest BCUT2D eigenvalue weighted by Gasteiger charge is 2.28. The van der Waals surface area contributed by atoms with Crippen LogP contribution in [-0.4, -0.2) is 29.9 Å². The number of piperidine rings is 1. The average molecular weight is 288 g/mol. The van der Waals surface area contributed by atoms with Crippen molar-refractivity contribution in [3.05, 3.63) is 29.3 Å². The molecule has 0 aliphatic carbocycles. The predicted molar refractivity (Wildman–Crippen MR) is 88.7 cm³/mol. The number of unbranched alkanes of at least 4 members (excludes halogenated alkanes) is 1. The Morgan fingerprint density at radius 1 is 1.33 bits per heavy atom. The normalized spacial score (nSPS) is 19.5. The van der Waals surface area contributed by atoms with Crippen molar-refractivity contribution >= 4 is 11.6 Å². The van der Waals surface area contributed by atoms with E-state index in [2.05, 4.69) is 43.1 Å². The molecule has 1 aromatic carbocycles. The summed E-state index contributed by atoms with van der Waals surface area (Å²) in [6.45, 7) is 8.44. The van der Waals surface area contributed by atoms with Crippen LogP contribution in [0.15, 0.2) is 18.2 Å². The summed E-state index contributed by atoms with van der Waals surface area (Å²) in [7, 11) is 0. The zero-order valence-electron chi connectivity index (χ0n) is 13.6.